The van der Waals surface area contributed by atoms with Gasteiger partial charge in [-0.3, -0.25) is 4.79 Å². The van der Waals surface area contributed by atoms with Crippen LogP contribution in [0.25, 0.3) is 0 Å². The summed E-state index contributed by atoms with van der Waals surface area (Å²) in [4.78, 5) is 14.9. The molecule has 0 aliphatic carbocycles. The summed E-state index contributed by atoms with van der Waals surface area (Å²) in [7, 11) is 2.05. The summed E-state index contributed by atoms with van der Waals surface area (Å²) in [6, 6.07) is 17.6. The molecule has 2 aromatic rings. The number of piperidine rings is 1. The molecule has 1 amide bonds. The fourth-order valence-electron chi connectivity index (χ4n) is 3.58. The quantitative estimate of drug-likeness (QED) is 0.799. The van der Waals surface area contributed by atoms with Crippen molar-refractivity contribution in [3.63, 3.8) is 0 Å². The molecule has 1 fully saturated rings. The number of halogens is 1. The Morgan fingerprint density at radius 1 is 1.15 bits per heavy atom. The number of likely N-dealkylation sites (tertiary alicyclic amines) is 1. The van der Waals surface area contributed by atoms with E-state index >= 15 is 0 Å². The highest BCUT2D eigenvalue weighted by Gasteiger charge is 2.31. The summed E-state index contributed by atoms with van der Waals surface area (Å²) in [5.74, 6) is -0.192. The van der Waals surface area contributed by atoms with E-state index in [4.69, 9.17) is 11.6 Å². The van der Waals surface area contributed by atoms with Gasteiger partial charge < -0.3 is 15.3 Å². The van der Waals surface area contributed by atoms with E-state index in [1.807, 2.05) is 61.6 Å². The first-order valence-electron chi connectivity index (χ1n) is 9.44. The molecule has 2 aromatic carbocycles. The van der Waals surface area contributed by atoms with Crippen molar-refractivity contribution >= 4 is 17.5 Å². The second-order valence-corrected chi connectivity index (χ2v) is 7.90. The third-order valence-electron chi connectivity index (χ3n) is 5.40. The number of aliphatic hydroxyl groups is 1. The van der Waals surface area contributed by atoms with Gasteiger partial charge in [0.05, 0.1) is 5.60 Å². The summed E-state index contributed by atoms with van der Waals surface area (Å²) in [6.45, 7) is 1.99. The molecule has 0 bridgehead atoms. The van der Waals surface area contributed by atoms with E-state index in [-0.39, 0.29) is 11.8 Å². The summed E-state index contributed by atoms with van der Waals surface area (Å²) < 4.78 is 0. The normalized spacial score (nSPS) is 18.0. The van der Waals surface area contributed by atoms with E-state index in [0.29, 0.717) is 30.8 Å². The van der Waals surface area contributed by atoms with Crippen LogP contribution in [0.2, 0.25) is 5.02 Å². The lowest BCUT2D eigenvalue weighted by Crippen LogP contribution is -2.50. The molecule has 27 heavy (non-hydrogen) atoms. The standard InChI is InChI=1S/C22H27ClN2O2/c1-25-13-11-22(27,12-14-25)16-24-21(26)15-19(17-7-3-2-4-8-17)18-9-5-6-10-20(18)23/h2-10,19,27H,11-16H2,1H3,(H,24,26). The van der Waals surface area contributed by atoms with Crippen LogP contribution in [0.15, 0.2) is 54.6 Å². The van der Waals surface area contributed by atoms with Crippen LogP contribution in [0, 0.1) is 0 Å². The number of amides is 1. The number of rotatable bonds is 6. The Morgan fingerprint density at radius 2 is 1.78 bits per heavy atom. The zero-order chi connectivity index (χ0) is 19.3. The van der Waals surface area contributed by atoms with Crippen LogP contribution in [-0.2, 0) is 4.79 Å². The summed E-state index contributed by atoms with van der Waals surface area (Å²) in [5.41, 5.74) is 1.19. The maximum atomic E-state index is 12.7. The molecule has 1 aliphatic heterocycles. The Hall–Kier alpha value is -1.88. The van der Waals surface area contributed by atoms with E-state index < -0.39 is 5.60 Å². The Bertz CT molecular complexity index is 758. The van der Waals surface area contributed by atoms with Gasteiger partial charge in [0, 0.05) is 37.0 Å². The SMILES string of the molecule is CN1CCC(O)(CNC(=O)CC(c2ccccc2)c2ccccc2Cl)CC1. The molecule has 0 spiro atoms. The van der Waals surface area contributed by atoms with Crippen LogP contribution in [-0.4, -0.2) is 48.2 Å². The molecule has 3 rings (SSSR count). The Kier molecular flexibility index (Phi) is 6.53. The fraction of sp³-hybridized carbons (Fsp3) is 0.409. The van der Waals surface area contributed by atoms with E-state index in [1.54, 1.807) is 0 Å². The van der Waals surface area contributed by atoms with E-state index in [9.17, 15) is 9.90 Å². The van der Waals surface area contributed by atoms with Crippen molar-refractivity contribution in [2.75, 3.05) is 26.7 Å². The summed E-state index contributed by atoms with van der Waals surface area (Å²) in [6.07, 6.45) is 1.65. The minimum atomic E-state index is -0.811. The van der Waals surface area contributed by atoms with E-state index in [0.717, 1.165) is 24.2 Å². The van der Waals surface area contributed by atoms with Crippen molar-refractivity contribution in [2.45, 2.75) is 30.8 Å². The molecular weight excluding hydrogens is 360 g/mol. The average molecular weight is 387 g/mol. The van der Waals surface area contributed by atoms with Gasteiger partial charge in [-0.15, -0.1) is 0 Å². The maximum absolute atomic E-state index is 12.7. The molecule has 1 saturated heterocycles. The van der Waals surface area contributed by atoms with Crippen molar-refractivity contribution in [2.24, 2.45) is 0 Å². The molecule has 4 nitrogen and oxygen atoms in total. The van der Waals surface area contributed by atoms with Crippen LogP contribution in [0.5, 0.6) is 0 Å². The summed E-state index contributed by atoms with van der Waals surface area (Å²) >= 11 is 6.41. The van der Waals surface area contributed by atoms with Gasteiger partial charge in [0.15, 0.2) is 0 Å². The first kappa shape index (κ1) is 19.9. The lowest BCUT2D eigenvalue weighted by atomic mass is 9.87. The van der Waals surface area contributed by atoms with Gasteiger partial charge in [0.25, 0.3) is 0 Å². The molecule has 1 aliphatic rings. The van der Waals surface area contributed by atoms with Crippen molar-refractivity contribution in [1.82, 2.24) is 10.2 Å². The number of benzene rings is 2. The molecule has 0 radical (unpaired) electrons. The highest BCUT2D eigenvalue weighted by Crippen LogP contribution is 2.33. The third kappa shape index (κ3) is 5.32. The minimum absolute atomic E-state index is 0.0730. The molecule has 5 heteroatoms. The van der Waals surface area contributed by atoms with Crippen molar-refractivity contribution in [3.8, 4) is 0 Å². The highest BCUT2D eigenvalue weighted by molar-refractivity contribution is 6.31. The second kappa shape index (κ2) is 8.87. The Morgan fingerprint density at radius 3 is 2.44 bits per heavy atom. The van der Waals surface area contributed by atoms with Gasteiger partial charge in [-0.25, -0.2) is 0 Å². The summed E-state index contributed by atoms with van der Waals surface area (Å²) in [5, 5.41) is 14.3. The lowest BCUT2D eigenvalue weighted by Gasteiger charge is -2.36. The Labute approximate surface area is 166 Å². The average Bonchev–Trinajstić information content (AvgIpc) is 2.69. The molecule has 1 atom stereocenters. The molecule has 2 N–H and O–H groups in total. The van der Waals surface area contributed by atoms with Gasteiger partial charge in [-0.05, 0) is 37.1 Å². The topological polar surface area (TPSA) is 52.6 Å². The van der Waals surface area contributed by atoms with Gasteiger partial charge >= 0.3 is 0 Å². The van der Waals surface area contributed by atoms with Crippen LogP contribution < -0.4 is 5.32 Å². The predicted molar refractivity (Wildman–Crippen MR) is 109 cm³/mol. The number of carbonyl (C=O) groups is 1. The first-order valence-corrected chi connectivity index (χ1v) is 9.82. The van der Waals surface area contributed by atoms with Crippen LogP contribution in [0.3, 0.4) is 0 Å². The molecule has 0 aromatic heterocycles. The van der Waals surface area contributed by atoms with Gasteiger partial charge in [-0.2, -0.15) is 0 Å². The van der Waals surface area contributed by atoms with Crippen LogP contribution >= 0.6 is 11.6 Å². The van der Waals surface area contributed by atoms with Gasteiger partial charge in [0.1, 0.15) is 0 Å². The zero-order valence-corrected chi connectivity index (χ0v) is 16.5. The van der Waals surface area contributed by atoms with Crippen molar-refractivity contribution in [3.05, 3.63) is 70.7 Å². The number of nitrogens with one attached hydrogen (secondary N) is 1. The Balaban J connectivity index is 1.69. The number of nitrogens with zero attached hydrogens (tertiary/aromatic N) is 1. The largest absolute Gasteiger partial charge is 0.388 e. The number of hydrogen-bond donors (Lipinski definition) is 2. The van der Waals surface area contributed by atoms with E-state index in [1.165, 1.54) is 0 Å². The number of carbonyl (C=O) groups excluding carboxylic acids is 1. The predicted octanol–water partition coefficient (Wildman–Crippen LogP) is 3.43. The third-order valence-corrected chi connectivity index (χ3v) is 5.75. The monoisotopic (exact) mass is 386 g/mol. The molecule has 144 valence electrons. The molecule has 1 heterocycles. The lowest BCUT2D eigenvalue weighted by molar-refractivity contribution is -0.123. The first-order chi connectivity index (χ1) is 13.0. The maximum Gasteiger partial charge on any atom is 0.221 e. The molecule has 0 saturated carbocycles. The highest BCUT2D eigenvalue weighted by atomic mass is 35.5. The van der Waals surface area contributed by atoms with Gasteiger partial charge in [0.2, 0.25) is 5.91 Å². The fourth-order valence-corrected chi connectivity index (χ4v) is 3.85. The van der Waals surface area contributed by atoms with Crippen LogP contribution in [0.4, 0.5) is 0 Å². The van der Waals surface area contributed by atoms with Crippen LogP contribution in [0.1, 0.15) is 36.3 Å². The zero-order valence-electron chi connectivity index (χ0n) is 15.7. The van der Waals surface area contributed by atoms with Crippen molar-refractivity contribution in [1.29, 1.82) is 0 Å². The second-order valence-electron chi connectivity index (χ2n) is 7.49. The molecular formula is C22H27ClN2O2. The smallest absolute Gasteiger partial charge is 0.221 e. The van der Waals surface area contributed by atoms with Crippen molar-refractivity contribution < 1.29 is 9.90 Å². The van der Waals surface area contributed by atoms with E-state index in [2.05, 4.69) is 10.2 Å². The minimum Gasteiger partial charge on any atom is -0.388 e. The molecule has 1 unspecified atom stereocenters. The van der Waals surface area contributed by atoms with Gasteiger partial charge in [-0.1, -0.05) is 60.1 Å². The number of hydrogen-bond acceptors (Lipinski definition) is 3.